The molecular formula is C12H19N3O3S. The van der Waals surface area contributed by atoms with Crippen molar-refractivity contribution >= 4 is 23.3 Å². The van der Waals surface area contributed by atoms with Crippen molar-refractivity contribution in [3.8, 4) is 0 Å². The van der Waals surface area contributed by atoms with Gasteiger partial charge in [-0.15, -0.1) is 11.3 Å². The molecule has 1 rings (SSSR count). The SMILES string of the molecule is CCC(NC(=O)N(CC)CCC(=O)O)c1nccs1. The molecule has 0 aromatic carbocycles. The standard InChI is InChI=1S/C12H19N3O3S/c1-3-9(11-13-6-8-19-11)14-12(18)15(4-2)7-5-10(16)17/h6,8-9H,3-5,7H2,1-2H3,(H,14,18)(H,16,17). The van der Waals surface area contributed by atoms with E-state index in [4.69, 9.17) is 5.11 Å². The Morgan fingerprint density at radius 1 is 1.53 bits per heavy atom. The molecule has 0 spiro atoms. The van der Waals surface area contributed by atoms with Crippen LogP contribution in [0.2, 0.25) is 0 Å². The van der Waals surface area contributed by atoms with Crippen molar-refractivity contribution in [2.75, 3.05) is 13.1 Å². The minimum Gasteiger partial charge on any atom is -0.481 e. The predicted molar refractivity (Wildman–Crippen MR) is 73.2 cm³/mol. The Bertz CT molecular complexity index is 408. The number of rotatable bonds is 7. The minimum atomic E-state index is -0.904. The van der Waals surface area contributed by atoms with E-state index < -0.39 is 5.97 Å². The fourth-order valence-electron chi connectivity index (χ4n) is 1.62. The zero-order chi connectivity index (χ0) is 14.3. The van der Waals surface area contributed by atoms with Crippen LogP contribution in [0.1, 0.15) is 37.7 Å². The van der Waals surface area contributed by atoms with Gasteiger partial charge in [-0.25, -0.2) is 9.78 Å². The van der Waals surface area contributed by atoms with Crippen LogP contribution in [-0.4, -0.2) is 40.1 Å². The van der Waals surface area contributed by atoms with Crippen LogP contribution >= 0.6 is 11.3 Å². The van der Waals surface area contributed by atoms with Crippen molar-refractivity contribution in [1.82, 2.24) is 15.2 Å². The van der Waals surface area contributed by atoms with Crippen LogP contribution in [0.5, 0.6) is 0 Å². The Kier molecular flexibility index (Phi) is 6.27. The first-order valence-electron chi connectivity index (χ1n) is 6.25. The lowest BCUT2D eigenvalue weighted by molar-refractivity contribution is -0.137. The molecule has 0 saturated heterocycles. The van der Waals surface area contributed by atoms with E-state index in [-0.39, 0.29) is 25.0 Å². The zero-order valence-electron chi connectivity index (χ0n) is 11.1. The van der Waals surface area contributed by atoms with Crippen LogP contribution in [0, 0.1) is 0 Å². The fourth-order valence-corrected chi connectivity index (χ4v) is 2.39. The highest BCUT2D eigenvalue weighted by atomic mass is 32.1. The molecule has 0 fully saturated rings. The second-order valence-electron chi connectivity index (χ2n) is 4.00. The molecule has 0 saturated carbocycles. The second kappa shape index (κ2) is 7.73. The van der Waals surface area contributed by atoms with Crippen molar-refractivity contribution in [1.29, 1.82) is 0 Å². The number of carboxylic acids is 1. The summed E-state index contributed by atoms with van der Waals surface area (Å²) in [6.45, 7) is 4.49. The van der Waals surface area contributed by atoms with Crippen molar-refractivity contribution in [2.24, 2.45) is 0 Å². The van der Waals surface area contributed by atoms with Crippen molar-refractivity contribution in [3.05, 3.63) is 16.6 Å². The number of thiazole rings is 1. The first kappa shape index (κ1) is 15.4. The summed E-state index contributed by atoms with van der Waals surface area (Å²) < 4.78 is 0. The van der Waals surface area contributed by atoms with Crippen LogP contribution < -0.4 is 5.32 Å². The molecule has 1 aromatic heterocycles. The third-order valence-electron chi connectivity index (χ3n) is 2.72. The largest absolute Gasteiger partial charge is 0.481 e. The Morgan fingerprint density at radius 2 is 2.26 bits per heavy atom. The van der Waals surface area contributed by atoms with Crippen LogP contribution in [-0.2, 0) is 4.79 Å². The van der Waals surface area contributed by atoms with Gasteiger partial charge in [-0.1, -0.05) is 6.92 Å². The first-order valence-corrected chi connectivity index (χ1v) is 7.13. The number of urea groups is 1. The number of aromatic nitrogens is 1. The van der Waals surface area contributed by atoms with Gasteiger partial charge in [-0.05, 0) is 13.3 Å². The van der Waals surface area contributed by atoms with Crippen LogP contribution in [0.25, 0.3) is 0 Å². The summed E-state index contributed by atoms with van der Waals surface area (Å²) in [7, 11) is 0. The van der Waals surface area contributed by atoms with Gasteiger partial charge in [0.1, 0.15) is 5.01 Å². The molecule has 2 N–H and O–H groups in total. The third-order valence-corrected chi connectivity index (χ3v) is 3.61. The van der Waals surface area contributed by atoms with Crippen molar-refractivity contribution < 1.29 is 14.7 Å². The highest BCUT2D eigenvalue weighted by molar-refractivity contribution is 7.09. The van der Waals surface area contributed by atoms with Crippen LogP contribution in [0.4, 0.5) is 4.79 Å². The number of carbonyl (C=O) groups excluding carboxylic acids is 1. The monoisotopic (exact) mass is 285 g/mol. The van der Waals surface area contributed by atoms with E-state index in [1.807, 2.05) is 19.2 Å². The van der Waals surface area contributed by atoms with E-state index in [2.05, 4.69) is 10.3 Å². The van der Waals surface area contributed by atoms with Crippen LogP contribution in [0.15, 0.2) is 11.6 Å². The summed E-state index contributed by atoms with van der Waals surface area (Å²) in [4.78, 5) is 28.3. The van der Waals surface area contributed by atoms with E-state index in [1.54, 1.807) is 6.20 Å². The van der Waals surface area contributed by atoms with E-state index in [9.17, 15) is 9.59 Å². The number of hydrogen-bond acceptors (Lipinski definition) is 4. The molecule has 1 heterocycles. The van der Waals surface area contributed by atoms with Gasteiger partial charge in [-0.2, -0.15) is 0 Å². The van der Waals surface area contributed by atoms with Gasteiger partial charge in [0.05, 0.1) is 12.5 Å². The molecule has 1 aromatic rings. The van der Waals surface area contributed by atoms with E-state index in [1.165, 1.54) is 16.2 Å². The number of nitrogens with one attached hydrogen (secondary N) is 1. The van der Waals surface area contributed by atoms with Gasteiger partial charge in [-0.3, -0.25) is 4.79 Å². The Hall–Kier alpha value is -1.63. The Labute approximate surface area is 116 Å². The molecule has 1 unspecified atom stereocenters. The number of hydrogen-bond donors (Lipinski definition) is 2. The Balaban J connectivity index is 2.57. The maximum atomic E-state index is 12.1. The molecule has 0 bridgehead atoms. The maximum Gasteiger partial charge on any atom is 0.317 e. The molecule has 1 atom stereocenters. The molecule has 7 heteroatoms. The zero-order valence-corrected chi connectivity index (χ0v) is 11.9. The summed E-state index contributed by atoms with van der Waals surface area (Å²) in [5, 5.41) is 14.3. The van der Waals surface area contributed by atoms with Gasteiger partial charge in [0.15, 0.2) is 0 Å². The lowest BCUT2D eigenvalue weighted by Gasteiger charge is -2.23. The van der Waals surface area contributed by atoms with Gasteiger partial charge < -0.3 is 15.3 Å². The lowest BCUT2D eigenvalue weighted by Crippen LogP contribution is -2.42. The molecular weight excluding hydrogens is 266 g/mol. The summed E-state index contributed by atoms with van der Waals surface area (Å²) in [6, 6.07) is -0.364. The minimum absolute atomic E-state index is 0.0463. The highest BCUT2D eigenvalue weighted by Gasteiger charge is 2.19. The van der Waals surface area contributed by atoms with Gasteiger partial charge in [0.2, 0.25) is 0 Å². The number of carboxylic acid groups (broad SMARTS) is 1. The summed E-state index contributed by atoms with van der Waals surface area (Å²) in [5.74, 6) is -0.904. The smallest absolute Gasteiger partial charge is 0.317 e. The molecule has 0 aliphatic carbocycles. The number of nitrogens with zero attached hydrogens (tertiary/aromatic N) is 2. The number of aliphatic carboxylic acids is 1. The lowest BCUT2D eigenvalue weighted by atomic mass is 10.2. The van der Waals surface area contributed by atoms with Crippen molar-refractivity contribution in [2.45, 2.75) is 32.7 Å². The molecule has 19 heavy (non-hydrogen) atoms. The van der Waals surface area contributed by atoms with E-state index in [0.29, 0.717) is 6.54 Å². The highest BCUT2D eigenvalue weighted by Crippen LogP contribution is 2.18. The average molecular weight is 285 g/mol. The topological polar surface area (TPSA) is 82.5 Å². The van der Waals surface area contributed by atoms with Gasteiger partial charge >= 0.3 is 12.0 Å². The number of amides is 2. The normalized spacial score (nSPS) is 11.9. The molecule has 0 radical (unpaired) electrons. The molecule has 0 aliphatic heterocycles. The van der Waals surface area contributed by atoms with E-state index >= 15 is 0 Å². The molecule has 0 aliphatic rings. The van der Waals surface area contributed by atoms with Gasteiger partial charge in [0.25, 0.3) is 0 Å². The predicted octanol–water partition coefficient (Wildman–Crippen LogP) is 2.10. The fraction of sp³-hybridized carbons (Fsp3) is 0.583. The van der Waals surface area contributed by atoms with E-state index in [0.717, 1.165) is 11.4 Å². The average Bonchev–Trinajstić information content (AvgIpc) is 2.90. The second-order valence-corrected chi connectivity index (χ2v) is 4.93. The molecule has 6 nitrogen and oxygen atoms in total. The van der Waals surface area contributed by atoms with Crippen LogP contribution in [0.3, 0.4) is 0 Å². The van der Waals surface area contributed by atoms with Gasteiger partial charge in [0, 0.05) is 24.7 Å². The summed E-state index contributed by atoms with van der Waals surface area (Å²) in [6.07, 6.45) is 2.40. The molecule has 2 amide bonds. The maximum absolute atomic E-state index is 12.1. The summed E-state index contributed by atoms with van der Waals surface area (Å²) >= 11 is 1.50. The quantitative estimate of drug-likeness (QED) is 0.803. The summed E-state index contributed by atoms with van der Waals surface area (Å²) in [5.41, 5.74) is 0. The third kappa shape index (κ3) is 4.86. The van der Waals surface area contributed by atoms with Crippen molar-refractivity contribution in [3.63, 3.8) is 0 Å². The number of carbonyl (C=O) groups is 2. The Morgan fingerprint density at radius 3 is 2.74 bits per heavy atom. The first-order chi connectivity index (χ1) is 9.08. The molecule has 106 valence electrons.